The van der Waals surface area contributed by atoms with Crippen LogP contribution >= 0.6 is 0 Å². The molecule has 1 radical (unpaired) electrons. The van der Waals surface area contributed by atoms with Gasteiger partial charge in [-0.1, -0.05) is 24.6 Å². The number of pyridine rings is 1. The monoisotopic (exact) mass is 373 g/mol. The third-order valence-corrected chi connectivity index (χ3v) is 6.26. The van der Waals surface area contributed by atoms with Gasteiger partial charge in [-0.05, 0) is 54.2 Å². The van der Waals surface area contributed by atoms with Gasteiger partial charge >= 0.3 is 18.2 Å². The molecular formula is C22H23N5O+. The molecule has 3 aromatic rings. The van der Waals surface area contributed by atoms with Crippen molar-refractivity contribution in [2.24, 2.45) is 10.2 Å². The Bertz CT molecular complexity index is 1180. The van der Waals surface area contributed by atoms with Gasteiger partial charge in [0.15, 0.2) is 0 Å². The van der Waals surface area contributed by atoms with Crippen molar-refractivity contribution >= 4 is 11.9 Å². The molecule has 28 heavy (non-hydrogen) atoms. The van der Waals surface area contributed by atoms with Crippen LogP contribution in [-0.2, 0) is 5.41 Å². The van der Waals surface area contributed by atoms with E-state index in [0.29, 0.717) is 0 Å². The lowest BCUT2D eigenvalue weighted by molar-refractivity contribution is -0.477. The molecule has 0 saturated heterocycles. The standard InChI is InChI=1S/C22H23N5O/c1-16-6-4-11-26-19(16)14-27(21(26)28)18-8-3-7-17(12-18)22(9-5-10-22)13-20-24-23-15-25(20)2/h3-4,6-8,11-12,14-15H,5,9-10,13H2,1-2H3/q+1. The lowest BCUT2D eigenvalue weighted by Crippen LogP contribution is -2.37. The molecule has 0 bridgehead atoms. The zero-order valence-electron chi connectivity index (χ0n) is 16.2. The van der Waals surface area contributed by atoms with E-state index in [1.807, 2.05) is 49.1 Å². The first-order valence-electron chi connectivity index (χ1n) is 9.71. The molecule has 1 aliphatic heterocycles. The first-order valence-corrected chi connectivity index (χ1v) is 9.71. The minimum atomic E-state index is -0.0354. The maximum absolute atomic E-state index is 12.9. The molecule has 1 saturated carbocycles. The second-order valence-corrected chi connectivity index (χ2v) is 7.95. The van der Waals surface area contributed by atoms with Crippen LogP contribution in [0.4, 0.5) is 0 Å². The summed E-state index contributed by atoms with van der Waals surface area (Å²) in [5, 5.41) is 8.33. The van der Waals surface area contributed by atoms with E-state index in [-0.39, 0.29) is 11.1 Å². The molecule has 1 aliphatic carbocycles. The highest BCUT2D eigenvalue weighted by Crippen LogP contribution is 2.49. The number of hydrogen-bond donors (Lipinski definition) is 0. The fourth-order valence-electron chi connectivity index (χ4n) is 4.37. The molecule has 6 nitrogen and oxygen atoms in total. The van der Waals surface area contributed by atoms with Crippen molar-refractivity contribution in [3.8, 4) is 5.69 Å². The molecule has 5 rings (SSSR count). The summed E-state index contributed by atoms with van der Waals surface area (Å²) in [6.45, 7) is 2.03. The molecule has 1 aromatic carbocycles. The Morgan fingerprint density at radius 3 is 2.75 bits per heavy atom. The van der Waals surface area contributed by atoms with Crippen molar-refractivity contribution in [2.75, 3.05) is 7.05 Å². The Kier molecular flexibility index (Phi) is 3.82. The normalized spacial score (nSPS) is 18.4. The van der Waals surface area contributed by atoms with Crippen LogP contribution in [0, 0.1) is 13.1 Å². The van der Waals surface area contributed by atoms with Crippen LogP contribution in [0.3, 0.4) is 0 Å². The van der Waals surface area contributed by atoms with Gasteiger partial charge in [-0.25, -0.2) is 9.37 Å². The molecule has 2 aliphatic rings. The number of benzene rings is 1. The van der Waals surface area contributed by atoms with Crippen LogP contribution in [0.15, 0.2) is 63.8 Å². The maximum Gasteiger partial charge on any atom is 0.337 e. The fourth-order valence-corrected chi connectivity index (χ4v) is 4.37. The Hall–Kier alpha value is -3.02. The van der Waals surface area contributed by atoms with Crippen LogP contribution in [0.25, 0.3) is 11.2 Å². The number of fused-ring (bicyclic) bond motifs is 1. The summed E-state index contributed by atoms with van der Waals surface area (Å²) in [6, 6.07) is 12.4. The van der Waals surface area contributed by atoms with Gasteiger partial charge in [0.25, 0.3) is 0 Å². The fraction of sp³-hybridized carbons (Fsp3) is 0.318. The number of aryl methyl sites for hydroxylation is 1. The van der Waals surface area contributed by atoms with Gasteiger partial charge in [0.2, 0.25) is 0 Å². The Morgan fingerprint density at radius 1 is 1.21 bits per heavy atom. The van der Waals surface area contributed by atoms with Gasteiger partial charge in [0, 0.05) is 24.2 Å². The Labute approximate surface area is 163 Å². The van der Waals surface area contributed by atoms with Crippen molar-refractivity contribution in [1.82, 2.24) is 8.97 Å². The van der Waals surface area contributed by atoms with Gasteiger partial charge in [-0.15, -0.1) is 0 Å². The van der Waals surface area contributed by atoms with Gasteiger partial charge < -0.3 is 0 Å². The minimum absolute atomic E-state index is 0.0354. The lowest BCUT2D eigenvalue weighted by atomic mass is 9.62. The van der Waals surface area contributed by atoms with Crippen LogP contribution in [0.1, 0.15) is 36.8 Å². The van der Waals surface area contributed by atoms with Crippen LogP contribution < -0.4 is 5.69 Å². The number of nitrogens with zero attached hydrogens (tertiary/aromatic N) is 5. The zero-order chi connectivity index (χ0) is 19.3. The van der Waals surface area contributed by atoms with E-state index in [9.17, 15) is 4.79 Å². The first-order chi connectivity index (χ1) is 13.6. The first kappa shape index (κ1) is 17.1. The minimum Gasteiger partial charge on any atom is -0.267 e. The van der Waals surface area contributed by atoms with Gasteiger partial charge in [-0.2, -0.15) is 0 Å². The van der Waals surface area contributed by atoms with E-state index in [2.05, 4.69) is 28.4 Å². The Balaban J connectivity index is 1.56. The number of imidazole rings is 1. The molecular weight excluding hydrogens is 350 g/mol. The second-order valence-electron chi connectivity index (χ2n) is 7.95. The zero-order valence-corrected chi connectivity index (χ0v) is 16.2. The molecule has 0 unspecified atom stereocenters. The topological polar surface area (TPSA) is 54.1 Å². The van der Waals surface area contributed by atoms with E-state index in [1.54, 1.807) is 15.3 Å². The van der Waals surface area contributed by atoms with E-state index in [4.69, 9.17) is 0 Å². The lowest BCUT2D eigenvalue weighted by Gasteiger charge is -2.42. The highest BCUT2D eigenvalue weighted by Gasteiger charge is 2.44. The van der Waals surface area contributed by atoms with Crippen LogP contribution in [-0.4, -0.2) is 26.9 Å². The smallest absolute Gasteiger partial charge is 0.267 e. The van der Waals surface area contributed by atoms with E-state index in [0.717, 1.165) is 42.2 Å². The molecule has 1 fully saturated rings. The molecule has 6 heteroatoms. The van der Waals surface area contributed by atoms with Gasteiger partial charge in [0.05, 0.1) is 23.4 Å². The second kappa shape index (κ2) is 6.26. The SMILES string of the molecule is Cc1cccn2c(=O)n(-c3cccc(C4(C[C]5N=NC=[N+]5C)CCC4)c3)cc12. The predicted molar refractivity (Wildman–Crippen MR) is 108 cm³/mol. The van der Waals surface area contributed by atoms with Crippen molar-refractivity contribution in [1.29, 1.82) is 0 Å². The highest BCUT2D eigenvalue weighted by atomic mass is 16.1. The summed E-state index contributed by atoms with van der Waals surface area (Å²) < 4.78 is 5.46. The highest BCUT2D eigenvalue weighted by molar-refractivity contribution is 5.55. The van der Waals surface area contributed by atoms with Gasteiger partial charge in [-0.3, -0.25) is 8.97 Å². The third-order valence-electron chi connectivity index (χ3n) is 6.26. The largest absolute Gasteiger partial charge is 0.337 e. The summed E-state index contributed by atoms with van der Waals surface area (Å²) in [7, 11) is 1.99. The van der Waals surface area contributed by atoms with E-state index in [1.165, 1.54) is 12.0 Å². The van der Waals surface area contributed by atoms with Crippen molar-refractivity contribution in [3.63, 3.8) is 0 Å². The van der Waals surface area contributed by atoms with Crippen molar-refractivity contribution in [3.05, 3.63) is 76.6 Å². The van der Waals surface area contributed by atoms with Crippen LogP contribution in [0.5, 0.6) is 0 Å². The quantitative estimate of drug-likeness (QED) is 0.641. The molecule has 0 amide bonds. The summed E-state index contributed by atoms with van der Waals surface area (Å²) in [6.07, 6.45) is 10.9. The summed E-state index contributed by atoms with van der Waals surface area (Å²) >= 11 is 0. The predicted octanol–water partition coefficient (Wildman–Crippen LogP) is 3.84. The number of aromatic nitrogens is 2. The number of hydrogen-bond acceptors (Lipinski definition) is 3. The van der Waals surface area contributed by atoms with Gasteiger partial charge in [0.1, 0.15) is 0 Å². The van der Waals surface area contributed by atoms with E-state index < -0.39 is 0 Å². The maximum atomic E-state index is 12.9. The third kappa shape index (κ3) is 2.55. The average molecular weight is 373 g/mol. The Morgan fingerprint density at radius 2 is 2.07 bits per heavy atom. The summed E-state index contributed by atoms with van der Waals surface area (Å²) in [4.78, 5) is 12.9. The number of rotatable bonds is 4. The average Bonchev–Trinajstić information content (AvgIpc) is 3.23. The summed E-state index contributed by atoms with van der Waals surface area (Å²) in [5.41, 5.74) is 4.26. The van der Waals surface area contributed by atoms with Crippen molar-refractivity contribution < 1.29 is 4.58 Å². The number of azo groups is 1. The molecule has 3 heterocycles. The van der Waals surface area contributed by atoms with E-state index >= 15 is 0 Å². The van der Waals surface area contributed by atoms with Crippen LogP contribution in [0.2, 0.25) is 0 Å². The molecule has 2 aromatic heterocycles. The summed E-state index contributed by atoms with van der Waals surface area (Å²) in [5.74, 6) is 0. The molecule has 0 spiro atoms. The molecule has 141 valence electrons. The molecule has 0 N–H and O–H groups in total. The molecule has 0 atom stereocenters. The van der Waals surface area contributed by atoms with Crippen molar-refractivity contribution in [2.45, 2.75) is 38.0 Å².